The molecule has 94 valence electrons. The minimum Gasteiger partial charge on any atom is -0.388 e. The van der Waals surface area contributed by atoms with Gasteiger partial charge >= 0.3 is 0 Å². The van der Waals surface area contributed by atoms with E-state index in [0.29, 0.717) is 6.42 Å². The first kappa shape index (κ1) is 13.3. The number of aliphatic hydroxyl groups excluding tert-OH is 1. The minimum atomic E-state index is -0.455. The molecule has 0 saturated carbocycles. The molecule has 0 saturated heterocycles. The third-order valence-corrected chi connectivity index (χ3v) is 3.95. The van der Waals surface area contributed by atoms with Crippen molar-refractivity contribution in [2.24, 2.45) is 0 Å². The minimum absolute atomic E-state index is 0.455. The summed E-state index contributed by atoms with van der Waals surface area (Å²) in [6, 6.07) is 14.3. The van der Waals surface area contributed by atoms with Crippen LogP contribution in [-0.4, -0.2) is 5.11 Å². The number of rotatable bonds is 3. The van der Waals surface area contributed by atoms with Crippen LogP contribution in [0.2, 0.25) is 0 Å². The molecular weight excluding hydrogens is 288 g/mol. The van der Waals surface area contributed by atoms with Crippen molar-refractivity contribution in [2.75, 3.05) is 0 Å². The zero-order chi connectivity index (χ0) is 13.1. The summed E-state index contributed by atoms with van der Waals surface area (Å²) in [5, 5.41) is 10.3. The molecule has 1 nitrogen and oxygen atoms in total. The fourth-order valence-corrected chi connectivity index (χ4v) is 2.39. The Morgan fingerprint density at radius 1 is 1.11 bits per heavy atom. The SMILES string of the molecule is Cc1cccc(CC(O)c2ccc(C)c(Br)c2)c1. The Labute approximate surface area is 117 Å². The van der Waals surface area contributed by atoms with Crippen molar-refractivity contribution in [1.82, 2.24) is 0 Å². The van der Waals surface area contributed by atoms with Crippen LogP contribution in [0.1, 0.15) is 28.4 Å². The van der Waals surface area contributed by atoms with E-state index < -0.39 is 6.10 Å². The van der Waals surface area contributed by atoms with Crippen molar-refractivity contribution in [3.05, 3.63) is 69.2 Å². The first-order chi connectivity index (χ1) is 8.56. The van der Waals surface area contributed by atoms with Crippen LogP contribution < -0.4 is 0 Å². The molecule has 2 heteroatoms. The van der Waals surface area contributed by atoms with Crippen molar-refractivity contribution in [3.8, 4) is 0 Å². The van der Waals surface area contributed by atoms with Crippen molar-refractivity contribution in [3.63, 3.8) is 0 Å². The Morgan fingerprint density at radius 2 is 1.89 bits per heavy atom. The van der Waals surface area contributed by atoms with Crippen LogP contribution in [0, 0.1) is 13.8 Å². The Bertz CT molecular complexity index is 549. The smallest absolute Gasteiger partial charge is 0.0830 e. The van der Waals surface area contributed by atoms with Crippen LogP contribution in [0.15, 0.2) is 46.9 Å². The van der Waals surface area contributed by atoms with Gasteiger partial charge in [-0.1, -0.05) is 57.9 Å². The van der Waals surface area contributed by atoms with Gasteiger partial charge in [0.25, 0.3) is 0 Å². The zero-order valence-corrected chi connectivity index (χ0v) is 12.2. The molecule has 0 radical (unpaired) electrons. The highest BCUT2D eigenvalue weighted by Crippen LogP contribution is 2.24. The van der Waals surface area contributed by atoms with Crippen LogP contribution in [0.5, 0.6) is 0 Å². The number of aliphatic hydroxyl groups is 1. The summed E-state index contributed by atoms with van der Waals surface area (Å²) in [6.45, 7) is 4.11. The Balaban J connectivity index is 2.16. The average molecular weight is 305 g/mol. The van der Waals surface area contributed by atoms with E-state index in [-0.39, 0.29) is 0 Å². The van der Waals surface area contributed by atoms with E-state index in [2.05, 4.69) is 41.1 Å². The lowest BCUT2D eigenvalue weighted by molar-refractivity contribution is 0.178. The standard InChI is InChI=1S/C16H17BrO/c1-11-4-3-5-13(8-11)9-16(18)14-7-6-12(2)15(17)10-14/h3-8,10,16,18H,9H2,1-2H3. The van der Waals surface area contributed by atoms with Gasteiger partial charge in [-0.2, -0.15) is 0 Å². The molecule has 0 amide bonds. The molecule has 0 aliphatic rings. The maximum Gasteiger partial charge on any atom is 0.0830 e. The van der Waals surface area contributed by atoms with Crippen molar-refractivity contribution in [1.29, 1.82) is 0 Å². The predicted octanol–water partition coefficient (Wildman–Crippen LogP) is 4.34. The van der Waals surface area contributed by atoms with Crippen molar-refractivity contribution in [2.45, 2.75) is 26.4 Å². The van der Waals surface area contributed by atoms with Gasteiger partial charge in [-0.05, 0) is 36.6 Å². The van der Waals surface area contributed by atoms with E-state index in [9.17, 15) is 5.11 Å². The second kappa shape index (κ2) is 5.68. The van der Waals surface area contributed by atoms with Gasteiger partial charge in [-0.3, -0.25) is 0 Å². The third kappa shape index (κ3) is 3.21. The molecule has 1 atom stereocenters. The summed E-state index contributed by atoms with van der Waals surface area (Å²) in [4.78, 5) is 0. The van der Waals surface area contributed by atoms with Gasteiger partial charge < -0.3 is 5.11 Å². The number of hydrogen-bond acceptors (Lipinski definition) is 1. The summed E-state index contributed by atoms with van der Waals surface area (Å²) in [7, 11) is 0. The van der Waals surface area contributed by atoms with Crippen LogP contribution in [-0.2, 0) is 6.42 Å². The van der Waals surface area contributed by atoms with E-state index in [1.54, 1.807) is 0 Å². The summed E-state index contributed by atoms with van der Waals surface area (Å²) in [6.07, 6.45) is 0.195. The van der Waals surface area contributed by atoms with Gasteiger partial charge in [0.15, 0.2) is 0 Å². The third-order valence-electron chi connectivity index (χ3n) is 3.09. The van der Waals surface area contributed by atoms with E-state index in [0.717, 1.165) is 10.0 Å². The molecule has 18 heavy (non-hydrogen) atoms. The molecule has 0 bridgehead atoms. The maximum atomic E-state index is 10.3. The molecule has 0 fully saturated rings. The summed E-state index contributed by atoms with van der Waals surface area (Å²) >= 11 is 3.50. The molecule has 2 aromatic carbocycles. The Hall–Kier alpha value is -1.12. The van der Waals surface area contributed by atoms with E-state index in [1.807, 2.05) is 31.2 Å². The van der Waals surface area contributed by atoms with E-state index >= 15 is 0 Å². The van der Waals surface area contributed by atoms with Crippen LogP contribution in [0.4, 0.5) is 0 Å². The molecule has 1 unspecified atom stereocenters. The second-order valence-corrected chi connectivity index (χ2v) is 5.57. The number of hydrogen-bond donors (Lipinski definition) is 1. The lowest BCUT2D eigenvalue weighted by Crippen LogP contribution is -2.02. The maximum absolute atomic E-state index is 10.3. The number of halogens is 1. The summed E-state index contributed by atoms with van der Waals surface area (Å²) in [5.74, 6) is 0. The highest BCUT2D eigenvalue weighted by Gasteiger charge is 2.09. The molecule has 1 N–H and O–H groups in total. The van der Waals surface area contributed by atoms with Gasteiger partial charge in [0.1, 0.15) is 0 Å². The largest absolute Gasteiger partial charge is 0.388 e. The van der Waals surface area contributed by atoms with Gasteiger partial charge in [-0.15, -0.1) is 0 Å². The highest BCUT2D eigenvalue weighted by molar-refractivity contribution is 9.10. The molecule has 0 aliphatic heterocycles. The average Bonchev–Trinajstić information content (AvgIpc) is 2.32. The monoisotopic (exact) mass is 304 g/mol. The molecular formula is C16H17BrO. The zero-order valence-electron chi connectivity index (χ0n) is 10.7. The number of aryl methyl sites for hydroxylation is 2. The predicted molar refractivity (Wildman–Crippen MR) is 78.7 cm³/mol. The first-order valence-electron chi connectivity index (χ1n) is 6.06. The molecule has 0 aromatic heterocycles. The topological polar surface area (TPSA) is 20.2 Å². The Morgan fingerprint density at radius 3 is 2.56 bits per heavy atom. The van der Waals surface area contributed by atoms with Crippen LogP contribution in [0.3, 0.4) is 0 Å². The van der Waals surface area contributed by atoms with Gasteiger partial charge in [0, 0.05) is 10.9 Å². The van der Waals surface area contributed by atoms with Crippen molar-refractivity contribution >= 4 is 15.9 Å². The fourth-order valence-electron chi connectivity index (χ4n) is 2.00. The highest BCUT2D eigenvalue weighted by atomic mass is 79.9. The Kier molecular flexibility index (Phi) is 4.20. The summed E-state index contributed by atoms with van der Waals surface area (Å²) in [5.41, 5.74) is 4.53. The quantitative estimate of drug-likeness (QED) is 0.894. The summed E-state index contributed by atoms with van der Waals surface area (Å²) < 4.78 is 1.04. The lowest BCUT2D eigenvalue weighted by atomic mass is 9.99. The fraction of sp³-hybridized carbons (Fsp3) is 0.250. The normalized spacial score (nSPS) is 12.4. The van der Waals surface area contributed by atoms with Crippen LogP contribution >= 0.6 is 15.9 Å². The second-order valence-electron chi connectivity index (χ2n) is 4.72. The molecule has 0 aliphatic carbocycles. The van der Waals surface area contributed by atoms with Crippen LogP contribution in [0.25, 0.3) is 0 Å². The molecule has 2 aromatic rings. The molecule has 0 spiro atoms. The van der Waals surface area contributed by atoms with Crippen molar-refractivity contribution < 1.29 is 5.11 Å². The molecule has 0 heterocycles. The van der Waals surface area contributed by atoms with Gasteiger partial charge in [0.2, 0.25) is 0 Å². The van der Waals surface area contributed by atoms with Gasteiger partial charge in [0.05, 0.1) is 6.10 Å². The van der Waals surface area contributed by atoms with Gasteiger partial charge in [-0.25, -0.2) is 0 Å². The molecule has 2 rings (SSSR count). The van der Waals surface area contributed by atoms with E-state index in [1.165, 1.54) is 16.7 Å². The first-order valence-corrected chi connectivity index (χ1v) is 6.85. The van der Waals surface area contributed by atoms with E-state index in [4.69, 9.17) is 0 Å². The number of benzene rings is 2. The lowest BCUT2D eigenvalue weighted by Gasteiger charge is -2.12.